The zero-order valence-corrected chi connectivity index (χ0v) is 18.7. The van der Waals surface area contributed by atoms with Crippen LogP contribution in [0, 0.1) is 17.8 Å². The van der Waals surface area contributed by atoms with Crippen molar-refractivity contribution < 1.29 is 4.79 Å². The van der Waals surface area contributed by atoms with Crippen molar-refractivity contribution in [2.45, 2.75) is 43.9 Å². The lowest BCUT2D eigenvalue weighted by molar-refractivity contribution is -0.121. The largest absolute Gasteiger partial charge is 0.296 e. The first-order chi connectivity index (χ1) is 14.5. The summed E-state index contributed by atoms with van der Waals surface area (Å²) >= 11 is 6.75. The van der Waals surface area contributed by atoms with E-state index >= 15 is 0 Å². The van der Waals surface area contributed by atoms with Crippen molar-refractivity contribution in [3.8, 4) is 5.69 Å². The minimum absolute atomic E-state index is 0.00563. The van der Waals surface area contributed by atoms with Crippen LogP contribution in [0.5, 0.6) is 0 Å². The third kappa shape index (κ3) is 2.91. The van der Waals surface area contributed by atoms with E-state index in [2.05, 4.69) is 18.3 Å². The standard InChI is InChI=1S/C24H25N3OS2/c1-26-22(28)20(30-23(26)29)10-18-14-27(19-5-3-2-4-6-19)25-21(18)24-11-15-7-16(12-24)9-17(8-15)13-24/h2-6,10,14-17H,7-9,11-13H2,1H3/b20-10-. The molecule has 6 heteroatoms. The van der Waals surface area contributed by atoms with Crippen LogP contribution in [0.25, 0.3) is 11.8 Å². The molecular weight excluding hydrogens is 410 g/mol. The Morgan fingerprint density at radius 2 is 1.73 bits per heavy atom. The Bertz CT molecular complexity index is 1040. The SMILES string of the molecule is CN1C(=O)/C(=C/c2cn(-c3ccccc3)nc2C23CC4CC(CC(C4)C2)C3)SC1=S. The van der Waals surface area contributed by atoms with Crippen LogP contribution in [-0.4, -0.2) is 32.0 Å². The first kappa shape index (κ1) is 18.8. The second-order valence-corrected chi connectivity index (χ2v) is 11.3. The molecule has 1 aliphatic heterocycles. The molecule has 4 bridgehead atoms. The van der Waals surface area contributed by atoms with E-state index in [0.29, 0.717) is 9.23 Å². The predicted octanol–water partition coefficient (Wildman–Crippen LogP) is 5.17. The smallest absolute Gasteiger partial charge is 0.265 e. The van der Waals surface area contributed by atoms with E-state index in [1.807, 2.05) is 29.0 Å². The number of carbonyl (C=O) groups is 1. The number of para-hydroxylation sites is 1. The third-order valence-electron chi connectivity index (χ3n) is 7.58. The average molecular weight is 436 g/mol. The number of rotatable bonds is 3. The lowest BCUT2D eigenvalue weighted by Gasteiger charge is -2.56. The summed E-state index contributed by atoms with van der Waals surface area (Å²) in [5, 5.41) is 5.18. The fourth-order valence-electron chi connectivity index (χ4n) is 6.71. The summed E-state index contributed by atoms with van der Waals surface area (Å²) in [4.78, 5) is 15.0. The second kappa shape index (κ2) is 6.79. The van der Waals surface area contributed by atoms with Crippen LogP contribution in [0.15, 0.2) is 41.4 Å². The van der Waals surface area contributed by atoms with Crippen LogP contribution in [0.3, 0.4) is 0 Å². The highest BCUT2D eigenvalue weighted by Crippen LogP contribution is 2.61. The number of thioether (sulfide) groups is 1. The summed E-state index contributed by atoms with van der Waals surface area (Å²) in [7, 11) is 1.76. The molecule has 0 spiro atoms. The molecule has 2 aromatic rings. The Kier molecular flexibility index (Phi) is 4.26. The maximum absolute atomic E-state index is 12.7. The zero-order chi connectivity index (χ0) is 20.5. The fourth-order valence-corrected chi connectivity index (χ4v) is 7.88. The normalized spacial score (nSPS) is 33.8. The van der Waals surface area contributed by atoms with Crippen molar-refractivity contribution in [1.29, 1.82) is 0 Å². The zero-order valence-electron chi connectivity index (χ0n) is 17.1. The Morgan fingerprint density at radius 1 is 1.10 bits per heavy atom. The molecule has 7 rings (SSSR count). The number of benzene rings is 1. The number of hydrogen-bond donors (Lipinski definition) is 0. The van der Waals surface area contributed by atoms with Gasteiger partial charge in [-0.3, -0.25) is 9.69 Å². The second-order valence-electron chi connectivity index (χ2n) is 9.65. The van der Waals surface area contributed by atoms with E-state index < -0.39 is 0 Å². The maximum Gasteiger partial charge on any atom is 0.265 e. The molecule has 0 N–H and O–H groups in total. The van der Waals surface area contributed by atoms with Gasteiger partial charge < -0.3 is 0 Å². The monoisotopic (exact) mass is 435 g/mol. The molecule has 4 nitrogen and oxygen atoms in total. The molecule has 0 unspecified atom stereocenters. The molecule has 4 saturated carbocycles. The summed E-state index contributed by atoms with van der Waals surface area (Å²) < 4.78 is 2.63. The van der Waals surface area contributed by atoms with Crippen LogP contribution in [0.4, 0.5) is 0 Å². The van der Waals surface area contributed by atoms with Crippen LogP contribution in [0.2, 0.25) is 0 Å². The molecule has 4 aliphatic carbocycles. The van der Waals surface area contributed by atoms with Gasteiger partial charge in [0.2, 0.25) is 0 Å². The Hall–Kier alpha value is -1.92. The highest BCUT2D eigenvalue weighted by atomic mass is 32.2. The van der Waals surface area contributed by atoms with Gasteiger partial charge >= 0.3 is 0 Å². The minimum Gasteiger partial charge on any atom is -0.296 e. The summed E-state index contributed by atoms with van der Waals surface area (Å²) in [6, 6.07) is 10.3. The number of likely N-dealkylation sites (N-methyl/N-ethyl adjacent to an activating group) is 1. The Labute approximate surface area is 186 Å². The first-order valence-corrected chi connectivity index (χ1v) is 12.1. The fraction of sp³-hybridized carbons (Fsp3) is 0.458. The van der Waals surface area contributed by atoms with E-state index in [1.165, 1.54) is 56.0 Å². The summed E-state index contributed by atoms with van der Waals surface area (Å²) in [5.74, 6) is 2.54. The molecule has 1 saturated heterocycles. The molecule has 1 amide bonds. The molecule has 154 valence electrons. The summed E-state index contributed by atoms with van der Waals surface area (Å²) in [6.45, 7) is 0. The first-order valence-electron chi connectivity index (χ1n) is 10.9. The van der Waals surface area contributed by atoms with Crippen LogP contribution < -0.4 is 0 Å². The van der Waals surface area contributed by atoms with Gasteiger partial charge in [-0.1, -0.05) is 42.2 Å². The predicted molar refractivity (Wildman–Crippen MR) is 124 cm³/mol. The number of hydrogen-bond acceptors (Lipinski definition) is 4. The maximum atomic E-state index is 12.7. The van der Waals surface area contributed by atoms with Crippen LogP contribution >= 0.6 is 24.0 Å². The molecule has 5 fully saturated rings. The lowest BCUT2D eigenvalue weighted by Crippen LogP contribution is -2.49. The molecule has 5 aliphatic rings. The summed E-state index contributed by atoms with van der Waals surface area (Å²) in [5.41, 5.74) is 3.52. The topological polar surface area (TPSA) is 38.1 Å². The van der Waals surface area contributed by atoms with E-state index in [0.717, 1.165) is 29.0 Å². The minimum atomic E-state index is -0.00563. The number of carbonyl (C=O) groups excluding carboxylic acids is 1. The van der Waals surface area contributed by atoms with Gasteiger partial charge in [0.1, 0.15) is 4.32 Å². The van der Waals surface area contributed by atoms with E-state index in [4.69, 9.17) is 17.3 Å². The van der Waals surface area contributed by atoms with Crippen molar-refractivity contribution in [3.63, 3.8) is 0 Å². The van der Waals surface area contributed by atoms with Gasteiger partial charge in [0.25, 0.3) is 5.91 Å². The van der Waals surface area contributed by atoms with Gasteiger partial charge in [0.15, 0.2) is 0 Å². The number of aromatic nitrogens is 2. The molecular formula is C24H25N3OS2. The number of thiocarbonyl (C=S) groups is 1. The van der Waals surface area contributed by atoms with Crippen molar-refractivity contribution in [2.24, 2.45) is 17.8 Å². The third-order valence-corrected chi connectivity index (χ3v) is 9.06. The van der Waals surface area contributed by atoms with E-state index in [-0.39, 0.29) is 11.3 Å². The molecule has 2 heterocycles. The highest BCUT2D eigenvalue weighted by Gasteiger charge is 2.53. The van der Waals surface area contributed by atoms with Crippen molar-refractivity contribution in [1.82, 2.24) is 14.7 Å². The van der Waals surface area contributed by atoms with Crippen molar-refractivity contribution in [2.75, 3.05) is 7.05 Å². The quantitative estimate of drug-likeness (QED) is 0.492. The van der Waals surface area contributed by atoms with E-state index in [1.54, 1.807) is 11.9 Å². The van der Waals surface area contributed by atoms with Gasteiger partial charge in [0.05, 0.1) is 16.3 Å². The van der Waals surface area contributed by atoms with Crippen LogP contribution in [-0.2, 0) is 10.2 Å². The van der Waals surface area contributed by atoms with E-state index in [9.17, 15) is 4.79 Å². The molecule has 1 aromatic carbocycles. The molecule has 1 aromatic heterocycles. The Balaban J connectivity index is 1.48. The molecule has 0 atom stereocenters. The summed E-state index contributed by atoms with van der Waals surface area (Å²) in [6.07, 6.45) is 12.1. The molecule has 30 heavy (non-hydrogen) atoms. The van der Waals surface area contributed by atoms with Gasteiger partial charge in [-0.2, -0.15) is 5.10 Å². The van der Waals surface area contributed by atoms with Gasteiger partial charge in [-0.05, 0) is 74.5 Å². The van der Waals surface area contributed by atoms with Gasteiger partial charge in [0, 0.05) is 24.2 Å². The van der Waals surface area contributed by atoms with Gasteiger partial charge in [-0.25, -0.2) is 4.68 Å². The average Bonchev–Trinajstić information content (AvgIpc) is 3.26. The number of nitrogens with zero attached hydrogens (tertiary/aromatic N) is 3. The highest BCUT2D eigenvalue weighted by molar-refractivity contribution is 8.26. The van der Waals surface area contributed by atoms with Crippen molar-refractivity contribution >= 4 is 40.3 Å². The lowest BCUT2D eigenvalue weighted by atomic mass is 9.48. The Morgan fingerprint density at radius 3 is 2.30 bits per heavy atom. The van der Waals surface area contributed by atoms with Gasteiger partial charge in [-0.15, -0.1) is 0 Å². The molecule has 0 radical (unpaired) electrons. The number of amides is 1. The van der Waals surface area contributed by atoms with Crippen molar-refractivity contribution in [3.05, 3.63) is 52.7 Å². The van der Waals surface area contributed by atoms with Crippen LogP contribution in [0.1, 0.15) is 49.8 Å².